The maximum atomic E-state index is 12.5. The van der Waals surface area contributed by atoms with E-state index in [4.69, 9.17) is 9.47 Å². The average molecular weight is 473 g/mol. The fourth-order valence-corrected chi connectivity index (χ4v) is 2.68. The highest BCUT2D eigenvalue weighted by atomic mass is 79.9. The van der Waals surface area contributed by atoms with Crippen LogP contribution in [0.4, 0.5) is 4.79 Å². The van der Waals surface area contributed by atoms with E-state index < -0.39 is 29.8 Å². The van der Waals surface area contributed by atoms with Gasteiger partial charge in [-0.25, -0.2) is 9.59 Å². The van der Waals surface area contributed by atoms with Gasteiger partial charge in [0.1, 0.15) is 17.7 Å². The van der Waals surface area contributed by atoms with Gasteiger partial charge in [-0.1, -0.05) is 46.3 Å². The van der Waals surface area contributed by atoms with E-state index >= 15 is 0 Å². The molecule has 9 heteroatoms. The Hall–Kier alpha value is -2.13. The molecule has 2 N–H and O–H groups in total. The predicted octanol–water partition coefficient (Wildman–Crippen LogP) is 2.54. The van der Waals surface area contributed by atoms with E-state index in [0.29, 0.717) is 11.8 Å². The number of ether oxygens (including phenoxy) is 3. The van der Waals surface area contributed by atoms with Gasteiger partial charge in [-0.15, -0.1) is 0 Å². The van der Waals surface area contributed by atoms with E-state index in [-0.39, 0.29) is 19.1 Å². The minimum absolute atomic E-state index is 0.155. The molecule has 0 aliphatic rings. The van der Waals surface area contributed by atoms with Crippen LogP contribution in [0.1, 0.15) is 32.8 Å². The van der Waals surface area contributed by atoms with Gasteiger partial charge in [-0.2, -0.15) is 0 Å². The second kappa shape index (κ2) is 12.4. The maximum Gasteiger partial charge on any atom is 0.408 e. The lowest BCUT2D eigenvalue weighted by molar-refractivity contribution is -0.143. The molecule has 1 aromatic rings. The smallest absolute Gasteiger partial charge is 0.408 e. The van der Waals surface area contributed by atoms with Crippen LogP contribution in [0.15, 0.2) is 30.3 Å². The van der Waals surface area contributed by atoms with Crippen LogP contribution in [0, 0.1) is 0 Å². The standard InChI is InChI=1S/C20H29BrN2O6/c1-20(2,3)29-19(26)23-15(18(25)27-4)12-22-17(24)16(10-11-21)28-13-14-8-6-5-7-9-14/h5-9,15-16H,10-13H2,1-4H3,(H,22,24)(H,23,26)/t15-,16-/m0/s1. The zero-order valence-corrected chi connectivity index (χ0v) is 18.8. The van der Waals surface area contributed by atoms with Gasteiger partial charge in [-0.3, -0.25) is 4.79 Å². The first kappa shape index (κ1) is 24.9. The Labute approximate surface area is 179 Å². The zero-order chi connectivity index (χ0) is 21.9. The molecular formula is C20H29BrN2O6. The molecule has 0 saturated carbocycles. The monoisotopic (exact) mass is 472 g/mol. The molecule has 0 saturated heterocycles. The summed E-state index contributed by atoms with van der Waals surface area (Å²) in [6, 6.07) is 8.40. The highest BCUT2D eigenvalue weighted by molar-refractivity contribution is 9.09. The van der Waals surface area contributed by atoms with Gasteiger partial charge < -0.3 is 24.8 Å². The molecule has 0 heterocycles. The number of benzene rings is 1. The Morgan fingerprint density at radius 2 is 1.79 bits per heavy atom. The molecule has 0 radical (unpaired) electrons. The Morgan fingerprint density at radius 1 is 1.14 bits per heavy atom. The number of rotatable bonds is 10. The van der Waals surface area contributed by atoms with Crippen LogP contribution in [0.5, 0.6) is 0 Å². The maximum absolute atomic E-state index is 12.5. The van der Waals surface area contributed by atoms with Crippen molar-refractivity contribution in [1.82, 2.24) is 10.6 Å². The number of alkyl halides is 1. The predicted molar refractivity (Wildman–Crippen MR) is 112 cm³/mol. The molecule has 2 amide bonds. The van der Waals surface area contributed by atoms with E-state index in [1.165, 1.54) is 7.11 Å². The average Bonchev–Trinajstić information content (AvgIpc) is 2.66. The molecule has 29 heavy (non-hydrogen) atoms. The van der Waals surface area contributed by atoms with Crippen LogP contribution in [0.3, 0.4) is 0 Å². The summed E-state index contributed by atoms with van der Waals surface area (Å²) in [4.78, 5) is 36.4. The minimum Gasteiger partial charge on any atom is -0.467 e. The Morgan fingerprint density at radius 3 is 2.34 bits per heavy atom. The van der Waals surface area contributed by atoms with E-state index in [9.17, 15) is 14.4 Å². The number of hydrogen-bond acceptors (Lipinski definition) is 6. The van der Waals surface area contributed by atoms with Gasteiger partial charge in [-0.05, 0) is 32.8 Å². The number of nitrogens with one attached hydrogen (secondary N) is 2. The first-order chi connectivity index (χ1) is 13.7. The summed E-state index contributed by atoms with van der Waals surface area (Å²) in [6.45, 7) is 5.24. The molecule has 0 aromatic heterocycles. The summed E-state index contributed by atoms with van der Waals surface area (Å²) in [5.41, 5.74) is 0.221. The highest BCUT2D eigenvalue weighted by Crippen LogP contribution is 2.09. The highest BCUT2D eigenvalue weighted by Gasteiger charge is 2.27. The Balaban J connectivity index is 2.65. The molecule has 0 unspecified atom stereocenters. The quantitative estimate of drug-likeness (QED) is 0.400. The third kappa shape index (κ3) is 10.3. The van der Waals surface area contributed by atoms with Gasteiger partial charge in [0.15, 0.2) is 0 Å². The second-order valence-electron chi connectivity index (χ2n) is 7.23. The SMILES string of the molecule is COC(=O)[C@H](CNC(=O)[C@H](CCBr)OCc1ccccc1)NC(=O)OC(C)(C)C. The first-order valence-corrected chi connectivity index (χ1v) is 10.3. The van der Waals surface area contributed by atoms with Gasteiger partial charge >= 0.3 is 12.1 Å². The summed E-state index contributed by atoms with van der Waals surface area (Å²) in [5, 5.41) is 5.61. The van der Waals surface area contributed by atoms with E-state index in [1.54, 1.807) is 20.8 Å². The zero-order valence-electron chi connectivity index (χ0n) is 17.2. The molecule has 1 rings (SSSR count). The third-order valence-corrected chi connectivity index (χ3v) is 4.07. The number of esters is 1. The van der Waals surface area contributed by atoms with Crippen molar-refractivity contribution in [2.24, 2.45) is 0 Å². The van der Waals surface area contributed by atoms with Crippen molar-refractivity contribution in [3.8, 4) is 0 Å². The summed E-state index contributed by atoms with van der Waals surface area (Å²) < 4.78 is 15.6. The van der Waals surface area contributed by atoms with Crippen LogP contribution >= 0.6 is 15.9 Å². The lowest BCUT2D eigenvalue weighted by Crippen LogP contribution is -2.51. The van der Waals surface area contributed by atoms with E-state index in [0.717, 1.165) is 5.56 Å². The number of halogens is 1. The molecule has 0 fully saturated rings. The van der Waals surface area contributed by atoms with E-state index in [2.05, 4.69) is 31.3 Å². The number of hydrogen-bond donors (Lipinski definition) is 2. The summed E-state index contributed by atoms with van der Waals surface area (Å²) in [7, 11) is 1.20. The van der Waals surface area contributed by atoms with Crippen molar-refractivity contribution in [3.05, 3.63) is 35.9 Å². The molecule has 1 aromatic carbocycles. The summed E-state index contributed by atoms with van der Waals surface area (Å²) >= 11 is 3.31. The van der Waals surface area contributed by atoms with Crippen molar-refractivity contribution < 1.29 is 28.6 Å². The molecule has 0 spiro atoms. The molecule has 0 aliphatic heterocycles. The number of methoxy groups -OCH3 is 1. The largest absolute Gasteiger partial charge is 0.467 e. The molecule has 162 valence electrons. The van der Waals surface area contributed by atoms with Crippen LogP contribution in [-0.4, -0.2) is 54.7 Å². The first-order valence-electron chi connectivity index (χ1n) is 9.22. The van der Waals surface area contributed by atoms with Gasteiger partial charge in [0, 0.05) is 11.9 Å². The molecule has 8 nitrogen and oxygen atoms in total. The van der Waals surface area contributed by atoms with Crippen molar-refractivity contribution in [1.29, 1.82) is 0 Å². The van der Waals surface area contributed by atoms with Crippen LogP contribution in [0.25, 0.3) is 0 Å². The van der Waals surface area contributed by atoms with Crippen molar-refractivity contribution >= 4 is 33.9 Å². The molecule has 0 bridgehead atoms. The lowest BCUT2D eigenvalue weighted by atomic mass is 10.2. The Bertz CT molecular complexity index is 663. The van der Waals surface area contributed by atoms with Crippen molar-refractivity contribution in [2.45, 2.75) is 51.5 Å². The van der Waals surface area contributed by atoms with Crippen molar-refractivity contribution in [3.63, 3.8) is 0 Å². The van der Waals surface area contributed by atoms with Crippen LogP contribution in [-0.2, 0) is 30.4 Å². The third-order valence-electron chi connectivity index (χ3n) is 3.61. The van der Waals surface area contributed by atoms with Crippen LogP contribution in [0.2, 0.25) is 0 Å². The fourth-order valence-electron chi connectivity index (χ4n) is 2.26. The number of carbonyl (C=O) groups is 3. The van der Waals surface area contributed by atoms with Gasteiger partial charge in [0.2, 0.25) is 5.91 Å². The number of amides is 2. The lowest BCUT2D eigenvalue weighted by Gasteiger charge is -2.23. The Kier molecular flexibility index (Phi) is 10.7. The molecular weight excluding hydrogens is 444 g/mol. The van der Waals surface area contributed by atoms with Crippen LogP contribution < -0.4 is 10.6 Å². The van der Waals surface area contributed by atoms with Crippen molar-refractivity contribution in [2.75, 3.05) is 19.0 Å². The van der Waals surface area contributed by atoms with Gasteiger partial charge in [0.25, 0.3) is 0 Å². The second-order valence-corrected chi connectivity index (χ2v) is 8.02. The molecule has 0 aliphatic carbocycles. The number of alkyl carbamates (subject to hydrolysis) is 1. The van der Waals surface area contributed by atoms with Gasteiger partial charge in [0.05, 0.1) is 13.7 Å². The topological polar surface area (TPSA) is 103 Å². The number of carbonyl (C=O) groups excluding carboxylic acids is 3. The normalized spacial score (nSPS) is 13.1. The minimum atomic E-state index is -1.09. The summed E-state index contributed by atoms with van der Waals surface area (Å²) in [5.74, 6) is -1.08. The molecule has 2 atom stereocenters. The van der Waals surface area contributed by atoms with E-state index in [1.807, 2.05) is 30.3 Å². The summed E-state index contributed by atoms with van der Waals surface area (Å²) in [6.07, 6.45) is -1.05. The fraction of sp³-hybridized carbons (Fsp3) is 0.550.